The molecular weight excluding hydrogens is 134 g/mol. The van der Waals surface area contributed by atoms with Crippen molar-refractivity contribution in [1.82, 2.24) is 4.98 Å². The first-order chi connectivity index (χ1) is 4.34. The van der Waals surface area contributed by atoms with E-state index in [4.69, 9.17) is 18.0 Å². The molecule has 0 aliphatic carbocycles. The minimum absolute atomic E-state index is 0.465. The van der Waals surface area contributed by atoms with Crippen LogP contribution in [0.2, 0.25) is 5.02 Å². The van der Waals surface area contributed by atoms with Crippen molar-refractivity contribution in [1.29, 1.82) is 0 Å². The van der Waals surface area contributed by atoms with E-state index in [1.54, 1.807) is 12.3 Å². The average Bonchev–Trinajstić information content (AvgIpc) is 1.89. The Hall–Kier alpha value is -1.00. The Kier molecular flexibility index (Phi) is 1.72. The van der Waals surface area contributed by atoms with Gasteiger partial charge in [-0.3, -0.25) is 4.98 Å². The highest BCUT2D eigenvalue weighted by Crippen LogP contribution is 2.10. The fourth-order valence-corrected chi connectivity index (χ4v) is 0.643. The molecule has 0 unspecified atom stereocenters. The van der Waals surface area contributed by atoms with Gasteiger partial charge >= 0.3 is 0 Å². The summed E-state index contributed by atoms with van der Waals surface area (Å²) in [7, 11) is 0. The Morgan fingerprint density at radius 3 is 2.89 bits per heavy atom. The van der Waals surface area contributed by atoms with Gasteiger partial charge in [-0.1, -0.05) is 17.5 Å². The van der Waals surface area contributed by atoms with Gasteiger partial charge in [0.1, 0.15) is 0 Å². The monoisotopic (exact) mass is 136 g/mol. The maximum Gasteiger partial charge on any atom is 0.0746 e. The average molecular weight is 137 g/mol. The molecule has 1 heterocycles. The third-order valence-corrected chi connectivity index (χ3v) is 1.21. The second-order valence-electron chi connectivity index (χ2n) is 1.48. The molecule has 0 N–H and O–H groups in total. The summed E-state index contributed by atoms with van der Waals surface area (Å²) in [6.07, 6.45) is 9.78. The van der Waals surface area contributed by atoms with Gasteiger partial charge in [0.25, 0.3) is 0 Å². The number of aromatic nitrogens is 1. The third kappa shape index (κ3) is 1.22. The molecule has 0 aromatic carbocycles. The number of hydrogen-bond donors (Lipinski definition) is 0. The zero-order valence-corrected chi connectivity index (χ0v) is 5.31. The second kappa shape index (κ2) is 2.52. The molecule has 43 valence electrons. The SMILES string of the molecule is [C]#Cc1ccncc1Cl. The van der Waals surface area contributed by atoms with E-state index in [1.807, 2.05) is 0 Å². The molecule has 0 atom stereocenters. The predicted molar refractivity (Wildman–Crippen MR) is 35.5 cm³/mol. The lowest BCUT2D eigenvalue weighted by molar-refractivity contribution is 1.32. The van der Waals surface area contributed by atoms with Crippen molar-refractivity contribution < 1.29 is 0 Å². The number of rotatable bonds is 0. The largest absolute Gasteiger partial charge is 0.263 e. The Morgan fingerprint density at radius 2 is 2.44 bits per heavy atom. The molecule has 1 radical (unpaired) electrons. The Labute approximate surface area is 58.7 Å². The van der Waals surface area contributed by atoms with E-state index in [0.29, 0.717) is 10.6 Å². The molecule has 0 spiro atoms. The fraction of sp³-hybridized carbons (Fsp3) is 0. The van der Waals surface area contributed by atoms with Crippen LogP contribution in [0.4, 0.5) is 0 Å². The minimum atomic E-state index is 0.465. The summed E-state index contributed by atoms with van der Waals surface area (Å²) in [5.74, 6) is 2.17. The lowest BCUT2D eigenvalue weighted by Crippen LogP contribution is -1.76. The van der Waals surface area contributed by atoms with Crippen LogP contribution < -0.4 is 0 Å². The molecule has 0 amide bonds. The molecule has 0 saturated heterocycles. The fourth-order valence-electron chi connectivity index (χ4n) is 0.477. The Balaban J connectivity index is 3.20. The molecule has 2 heteroatoms. The summed E-state index contributed by atoms with van der Waals surface area (Å²) < 4.78 is 0. The summed E-state index contributed by atoms with van der Waals surface area (Å²) in [6, 6.07) is 1.63. The van der Waals surface area contributed by atoms with Crippen molar-refractivity contribution >= 4 is 11.6 Å². The maximum atomic E-state index is 6.72. The van der Waals surface area contributed by atoms with Crippen LogP contribution in [0.1, 0.15) is 5.56 Å². The lowest BCUT2D eigenvalue weighted by atomic mass is 10.3. The van der Waals surface area contributed by atoms with Crippen molar-refractivity contribution in [2.24, 2.45) is 0 Å². The summed E-state index contributed by atoms with van der Waals surface area (Å²) >= 11 is 5.58. The van der Waals surface area contributed by atoms with Gasteiger partial charge in [0.05, 0.1) is 5.02 Å². The third-order valence-electron chi connectivity index (χ3n) is 0.907. The zero-order chi connectivity index (χ0) is 6.69. The minimum Gasteiger partial charge on any atom is -0.263 e. The zero-order valence-electron chi connectivity index (χ0n) is 4.56. The molecule has 1 aromatic rings. The van der Waals surface area contributed by atoms with Gasteiger partial charge in [-0.15, -0.1) is 0 Å². The van der Waals surface area contributed by atoms with Crippen molar-refractivity contribution in [3.8, 4) is 5.92 Å². The van der Waals surface area contributed by atoms with Crippen molar-refractivity contribution in [2.75, 3.05) is 0 Å². The van der Waals surface area contributed by atoms with E-state index in [1.165, 1.54) is 6.20 Å². The Bertz CT molecular complexity index is 249. The van der Waals surface area contributed by atoms with E-state index in [0.717, 1.165) is 0 Å². The molecule has 0 aliphatic heterocycles. The van der Waals surface area contributed by atoms with Crippen LogP contribution in [0.15, 0.2) is 18.5 Å². The highest BCUT2D eigenvalue weighted by atomic mass is 35.5. The topological polar surface area (TPSA) is 12.9 Å². The van der Waals surface area contributed by atoms with Gasteiger partial charge in [0.2, 0.25) is 0 Å². The van der Waals surface area contributed by atoms with E-state index in [-0.39, 0.29) is 0 Å². The summed E-state index contributed by atoms with van der Waals surface area (Å²) in [4.78, 5) is 3.74. The van der Waals surface area contributed by atoms with Gasteiger partial charge in [-0.25, -0.2) is 0 Å². The lowest BCUT2D eigenvalue weighted by Gasteiger charge is -1.89. The number of hydrogen-bond acceptors (Lipinski definition) is 1. The summed E-state index contributed by atoms with van der Waals surface area (Å²) in [5.41, 5.74) is 0.576. The van der Waals surface area contributed by atoms with Crippen molar-refractivity contribution in [3.63, 3.8) is 0 Å². The van der Waals surface area contributed by atoms with Gasteiger partial charge in [-0.2, -0.15) is 0 Å². The van der Waals surface area contributed by atoms with Gasteiger partial charge in [0, 0.05) is 18.0 Å². The number of pyridine rings is 1. The first-order valence-corrected chi connectivity index (χ1v) is 2.74. The van der Waals surface area contributed by atoms with Crippen LogP contribution in [0, 0.1) is 12.3 Å². The standard InChI is InChI=1S/C7H3ClN/c1-2-6-3-4-9-5-7(6)8/h3-5H. The van der Waals surface area contributed by atoms with E-state index >= 15 is 0 Å². The summed E-state index contributed by atoms with van der Waals surface area (Å²) in [6.45, 7) is 0. The molecular formula is C7H3ClN. The van der Waals surface area contributed by atoms with E-state index in [2.05, 4.69) is 10.9 Å². The van der Waals surface area contributed by atoms with Crippen LogP contribution in [-0.2, 0) is 0 Å². The first kappa shape index (κ1) is 6.12. The molecule has 1 aromatic heterocycles. The van der Waals surface area contributed by atoms with Crippen LogP contribution in [0.3, 0.4) is 0 Å². The van der Waals surface area contributed by atoms with Crippen LogP contribution in [0.5, 0.6) is 0 Å². The van der Waals surface area contributed by atoms with Crippen molar-refractivity contribution in [2.45, 2.75) is 0 Å². The highest BCUT2D eigenvalue weighted by molar-refractivity contribution is 6.31. The highest BCUT2D eigenvalue weighted by Gasteiger charge is 1.91. The van der Waals surface area contributed by atoms with Gasteiger partial charge < -0.3 is 0 Å². The molecule has 0 saturated carbocycles. The second-order valence-corrected chi connectivity index (χ2v) is 1.89. The normalized spacial score (nSPS) is 8.44. The molecule has 0 aliphatic rings. The van der Waals surface area contributed by atoms with E-state index < -0.39 is 0 Å². The molecule has 0 fully saturated rings. The maximum absolute atomic E-state index is 6.72. The number of halogens is 1. The number of nitrogens with zero attached hydrogens (tertiary/aromatic N) is 1. The predicted octanol–water partition coefficient (Wildman–Crippen LogP) is 1.67. The van der Waals surface area contributed by atoms with E-state index in [9.17, 15) is 0 Å². The molecule has 1 nitrogen and oxygen atoms in total. The Morgan fingerprint density at radius 1 is 1.67 bits per heavy atom. The van der Waals surface area contributed by atoms with Crippen LogP contribution in [0.25, 0.3) is 0 Å². The van der Waals surface area contributed by atoms with Gasteiger partial charge in [0.15, 0.2) is 0 Å². The van der Waals surface area contributed by atoms with Gasteiger partial charge in [-0.05, 0) is 12.5 Å². The van der Waals surface area contributed by atoms with Crippen LogP contribution in [-0.4, -0.2) is 4.98 Å². The smallest absolute Gasteiger partial charge is 0.0746 e. The van der Waals surface area contributed by atoms with Crippen LogP contribution >= 0.6 is 11.6 Å². The van der Waals surface area contributed by atoms with Crippen molar-refractivity contribution in [3.05, 3.63) is 35.5 Å². The molecule has 0 bridgehead atoms. The molecule has 1 rings (SSSR count). The first-order valence-electron chi connectivity index (χ1n) is 2.37. The summed E-state index contributed by atoms with van der Waals surface area (Å²) in [5, 5.41) is 0.465. The quantitative estimate of drug-likeness (QED) is 0.495. The molecule has 9 heavy (non-hydrogen) atoms.